The summed E-state index contributed by atoms with van der Waals surface area (Å²) >= 11 is 0. The second-order valence-electron chi connectivity index (χ2n) is 8.21. The standard InChI is InChI=1S/C23H20FN3O3/c24-17-8-7-14(11-18-15-5-1-2-6-16(15)21(29)26-25-18)12-19(17)27-20(28)13-23(22(27)30)9-3-4-10-23/h1-2,5-8,12H,3-4,9-11,13H2,(H,26,29). The summed E-state index contributed by atoms with van der Waals surface area (Å²) in [6, 6.07) is 11.6. The summed E-state index contributed by atoms with van der Waals surface area (Å²) < 4.78 is 14.7. The second-order valence-corrected chi connectivity index (χ2v) is 8.21. The van der Waals surface area contributed by atoms with Crippen LogP contribution >= 0.6 is 0 Å². The molecule has 3 aromatic rings. The molecule has 0 bridgehead atoms. The van der Waals surface area contributed by atoms with Crippen LogP contribution in [-0.2, 0) is 16.0 Å². The van der Waals surface area contributed by atoms with Crippen molar-refractivity contribution in [2.24, 2.45) is 5.41 Å². The minimum atomic E-state index is -0.657. The first-order chi connectivity index (χ1) is 14.5. The van der Waals surface area contributed by atoms with Crippen LogP contribution in [0.2, 0.25) is 0 Å². The van der Waals surface area contributed by atoms with Crippen molar-refractivity contribution in [3.63, 3.8) is 0 Å². The molecule has 1 saturated heterocycles. The molecule has 0 radical (unpaired) electrons. The summed E-state index contributed by atoms with van der Waals surface area (Å²) in [5, 5.41) is 7.89. The molecule has 152 valence electrons. The van der Waals surface area contributed by atoms with Crippen LogP contribution in [0.25, 0.3) is 10.8 Å². The van der Waals surface area contributed by atoms with E-state index in [4.69, 9.17) is 0 Å². The van der Waals surface area contributed by atoms with E-state index in [1.807, 2.05) is 12.1 Å². The van der Waals surface area contributed by atoms with E-state index in [-0.39, 0.29) is 29.5 Å². The van der Waals surface area contributed by atoms with Crippen LogP contribution in [0.4, 0.5) is 10.1 Å². The van der Waals surface area contributed by atoms with Crippen molar-refractivity contribution in [3.05, 3.63) is 69.9 Å². The van der Waals surface area contributed by atoms with Crippen LogP contribution in [0.1, 0.15) is 43.4 Å². The monoisotopic (exact) mass is 405 g/mol. The molecule has 2 aromatic carbocycles. The predicted molar refractivity (Wildman–Crippen MR) is 110 cm³/mol. The van der Waals surface area contributed by atoms with Gasteiger partial charge in [-0.05, 0) is 36.6 Å². The number of anilines is 1. The van der Waals surface area contributed by atoms with Gasteiger partial charge in [0.15, 0.2) is 0 Å². The summed E-state index contributed by atoms with van der Waals surface area (Å²) in [5.74, 6) is -1.23. The number of aromatic nitrogens is 2. The molecule has 6 nitrogen and oxygen atoms in total. The zero-order valence-electron chi connectivity index (χ0n) is 16.3. The molecular weight excluding hydrogens is 385 g/mol. The Balaban J connectivity index is 1.52. The molecule has 5 rings (SSSR count). The van der Waals surface area contributed by atoms with Crippen LogP contribution < -0.4 is 10.5 Å². The lowest BCUT2D eigenvalue weighted by Crippen LogP contribution is -2.35. The number of hydrogen-bond donors (Lipinski definition) is 1. The number of hydrogen-bond acceptors (Lipinski definition) is 4. The maximum Gasteiger partial charge on any atom is 0.272 e. The molecule has 1 aliphatic heterocycles. The Hall–Kier alpha value is -3.35. The highest BCUT2D eigenvalue weighted by Crippen LogP contribution is 2.48. The Bertz CT molecular complexity index is 1240. The third-order valence-corrected chi connectivity index (χ3v) is 6.35. The number of amides is 2. The average molecular weight is 405 g/mol. The number of halogens is 1. The molecule has 1 N–H and O–H groups in total. The van der Waals surface area contributed by atoms with E-state index in [9.17, 15) is 18.8 Å². The molecule has 1 aliphatic carbocycles. The van der Waals surface area contributed by atoms with Crippen molar-refractivity contribution in [2.75, 3.05) is 4.90 Å². The van der Waals surface area contributed by atoms with Crippen LogP contribution in [0.3, 0.4) is 0 Å². The van der Waals surface area contributed by atoms with Crippen LogP contribution in [0, 0.1) is 11.2 Å². The minimum absolute atomic E-state index is 0.00000478. The number of carbonyl (C=O) groups excluding carboxylic acids is 2. The number of nitrogens with one attached hydrogen (secondary N) is 1. The summed E-state index contributed by atoms with van der Waals surface area (Å²) in [6.45, 7) is 0. The lowest BCUT2D eigenvalue weighted by atomic mass is 9.84. The van der Waals surface area contributed by atoms with Gasteiger partial charge in [0.1, 0.15) is 5.82 Å². The van der Waals surface area contributed by atoms with Gasteiger partial charge >= 0.3 is 0 Å². The SMILES string of the molecule is O=C1CC2(CCCC2)C(=O)N1c1cc(Cc2n[nH]c(=O)c3ccccc23)ccc1F. The minimum Gasteiger partial charge on any atom is -0.274 e. The van der Waals surface area contributed by atoms with E-state index < -0.39 is 11.2 Å². The van der Waals surface area contributed by atoms with Crippen molar-refractivity contribution in [1.82, 2.24) is 10.2 Å². The maximum atomic E-state index is 14.7. The van der Waals surface area contributed by atoms with Gasteiger partial charge in [-0.15, -0.1) is 0 Å². The first kappa shape index (κ1) is 18.7. The van der Waals surface area contributed by atoms with E-state index in [2.05, 4.69) is 10.2 Å². The summed E-state index contributed by atoms with van der Waals surface area (Å²) in [7, 11) is 0. The first-order valence-electron chi connectivity index (χ1n) is 10.1. The summed E-state index contributed by atoms with van der Waals surface area (Å²) in [4.78, 5) is 38.8. The number of fused-ring (bicyclic) bond motifs is 1. The van der Waals surface area contributed by atoms with Gasteiger partial charge in [-0.2, -0.15) is 5.10 Å². The molecule has 1 saturated carbocycles. The number of imide groups is 1. The quantitative estimate of drug-likeness (QED) is 0.677. The maximum absolute atomic E-state index is 14.7. The second kappa shape index (κ2) is 6.86. The lowest BCUT2D eigenvalue weighted by Gasteiger charge is -2.21. The van der Waals surface area contributed by atoms with Crippen molar-refractivity contribution >= 4 is 28.3 Å². The molecule has 30 heavy (non-hydrogen) atoms. The van der Waals surface area contributed by atoms with E-state index in [0.29, 0.717) is 41.3 Å². The Morgan fingerprint density at radius 3 is 2.53 bits per heavy atom. The molecule has 0 unspecified atom stereocenters. The number of aromatic amines is 1. The highest BCUT2D eigenvalue weighted by molar-refractivity contribution is 6.22. The van der Waals surface area contributed by atoms with Gasteiger partial charge < -0.3 is 0 Å². The molecule has 0 atom stereocenters. The van der Waals surface area contributed by atoms with Gasteiger partial charge in [-0.3, -0.25) is 14.4 Å². The molecule has 2 aliphatic rings. The smallest absolute Gasteiger partial charge is 0.272 e. The van der Waals surface area contributed by atoms with Gasteiger partial charge in [0, 0.05) is 18.2 Å². The van der Waals surface area contributed by atoms with Crippen LogP contribution in [-0.4, -0.2) is 22.0 Å². The number of nitrogens with zero attached hydrogens (tertiary/aromatic N) is 2. The zero-order chi connectivity index (χ0) is 20.9. The number of H-pyrrole nitrogens is 1. The van der Waals surface area contributed by atoms with Gasteiger partial charge in [0.05, 0.1) is 22.2 Å². The fraction of sp³-hybridized carbons (Fsp3) is 0.304. The van der Waals surface area contributed by atoms with Gasteiger partial charge in [0.2, 0.25) is 11.8 Å². The highest BCUT2D eigenvalue weighted by Gasteiger charge is 2.53. The van der Waals surface area contributed by atoms with E-state index in [0.717, 1.165) is 17.7 Å². The third-order valence-electron chi connectivity index (χ3n) is 6.35. The molecule has 1 spiro atoms. The molecular formula is C23H20FN3O3. The fourth-order valence-corrected chi connectivity index (χ4v) is 4.82. The van der Waals surface area contributed by atoms with Crippen molar-refractivity contribution in [1.29, 1.82) is 0 Å². The number of benzene rings is 2. The summed E-state index contributed by atoms with van der Waals surface area (Å²) in [6.07, 6.45) is 3.68. The van der Waals surface area contributed by atoms with Gasteiger partial charge in [-0.1, -0.05) is 37.1 Å². The fourth-order valence-electron chi connectivity index (χ4n) is 4.82. The van der Waals surface area contributed by atoms with Crippen molar-refractivity contribution in [3.8, 4) is 0 Å². The van der Waals surface area contributed by atoms with E-state index >= 15 is 0 Å². The molecule has 2 fully saturated rings. The van der Waals surface area contributed by atoms with Gasteiger partial charge in [-0.25, -0.2) is 14.4 Å². The Kier molecular flexibility index (Phi) is 4.27. The van der Waals surface area contributed by atoms with Crippen molar-refractivity contribution in [2.45, 2.75) is 38.5 Å². The van der Waals surface area contributed by atoms with Crippen LogP contribution in [0.5, 0.6) is 0 Å². The van der Waals surface area contributed by atoms with Crippen molar-refractivity contribution < 1.29 is 14.0 Å². The van der Waals surface area contributed by atoms with E-state index in [1.165, 1.54) is 6.07 Å². The Morgan fingerprint density at radius 1 is 1.03 bits per heavy atom. The first-order valence-corrected chi connectivity index (χ1v) is 10.1. The Morgan fingerprint density at radius 2 is 1.77 bits per heavy atom. The molecule has 2 amide bonds. The van der Waals surface area contributed by atoms with Crippen LogP contribution in [0.15, 0.2) is 47.3 Å². The highest BCUT2D eigenvalue weighted by atomic mass is 19.1. The molecule has 1 aromatic heterocycles. The predicted octanol–water partition coefficient (Wildman–Crippen LogP) is 3.48. The average Bonchev–Trinajstić information content (AvgIpc) is 3.31. The van der Waals surface area contributed by atoms with Gasteiger partial charge in [0.25, 0.3) is 5.56 Å². The lowest BCUT2D eigenvalue weighted by molar-refractivity contribution is -0.125. The molecule has 7 heteroatoms. The number of carbonyl (C=O) groups is 2. The Labute approximate surface area is 171 Å². The van der Waals surface area contributed by atoms with E-state index in [1.54, 1.807) is 24.3 Å². The molecule has 2 heterocycles. The topological polar surface area (TPSA) is 83.1 Å². The zero-order valence-corrected chi connectivity index (χ0v) is 16.3. The largest absolute Gasteiger partial charge is 0.274 e. The normalized spacial score (nSPS) is 18.1. The number of rotatable bonds is 3. The third kappa shape index (κ3) is 2.84. The summed E-state index contributed by atoms with van der Waals surface area (Å²) in [5.41, 5.74) is 0.401.